The van der Waals surface area contributed by atoms with E-state index < -0.39 is 0 Å². The maximum absolute atomic E-state index is 10.9. The van der Waals surface area contributed by atoms with Crippen LogP contribution < -0.4 is 4.90 Å². The summed E-state index contributed by atoms with van der Waals surface area (Å²) in [5, 5.41) is 1.08. The molecule has 1 aliphatic carbocycles. The average molecular weight is 285 g/mol. The molecule has 0 bridgehead atoms. The molecule has 2 fully saturated rings. The van der Waals surface area contributed by atoms with Crippen molar-refractivity contribution in [2.45, 2.75) is 18.9 Å². The number of hydrogen-bond acceptors (Lipinski definition) is 4. The van der Waals surface area contributed by atoms with Gasteiger partial charge in [-0.25, -0.2) is 9.97 Å². The fraction of sp³-hybridized carbons (Fsp3) is 0.533. The van der Waals surface area contributed by atoms with Crippen LogP contribution in [0, 0.1) is 11.8 Å². The summed E-state index contributed by atoms with van der Waals surface area (Å²) in [6.45, 7) is 1.84. The Kier molecular flexibility index (Phi) is 2.83. The Balaban J connectivity index is 1.56. The second-order valence-corrected chi connectivity index (χ2v) is 6.25. The van der Waals surface area contributed by atoms with Crippen LogP contribution in [0.4, 0.5) is 5.82 Å². The predicted molar refractivity (Wildman–Crippen MR) is 79.9 cm³/mol. The second-order valence-electron chi connectivity index (χ2n) is 6.25. The lowest BCUT2D eigenvalue weighted by atomic mass is 10.0. The van der Waals surface area contributed by atoms with Gasteiger partial charge in [0.15, 0.2) is 0 Å². The summed E-state index contributed by atoms with van der Waals surface area (Å²) in [7, 11) is 2.12. The lowest BCUT2D eigenvalue weighted by Crippen LogP contribution is -2.32. The van der Waals surface area contributed by atoms with E-state index in [2.05, 4.69) is 26.9 Å². The largest absolute Gasteiger partial charge is 0.356 e. The van der Waals surface area contributed by atoms with Crippen LogP contribution in [0.3, 0.4) is 0 Å². The highest BCUT2D eigenvalue weighted by Crippen LogP contribution is 2.40. The maximum atomic E-state index is 10.9. The number of nitrogens with zero attached hydrogens (tertiary/aromatic N) is 4. The Morgan fingerprint density at radius 2 is 2.10 bits per heavy atom. The number of hydrogen-bond donors (Lipinski definition) is 1. The molecular formula is C15H19N5O. The minimum atomic E-state index is 0.502. The van der Waals surface area contributed by atoms with Crippen molar-refractivity contribution in [2.75, 3.05) is 25.0 Å². The SMILES string of the molecule is CN(c1ncnc2[nH]ccc12)[C@@H]1C[C@@H]2CN(C=O)C[C@@H]2C1. The molecule has 2 aromatic rings. The van der Waals surface area contributed by atoms with Gasteiger partial charge in [0.25, 0.3) is 0 Å². The number of aromatic nitrogens is 3. The van der Waals surface area contributed by atoms with Crippen LogP contribution >= 0.6 is 0 Å². The number of aromatic amines is 1. The van der Waals surface area contributed by atoms with Crippen LogP contribution in [0.2, 0.25) is 0 Å². The minimum Gasteiger partial charge on any atom is -0.356 e. The highest BCUT2D eigenvalue weighted by Gasteiger charge is 2.42. The number of likely N-dealkylation sites (tertiary alicyclic amines) is 1. The topological polar surface area (TPSA) is 65.1 Å². The van der Waals surface area contributed by atoms with Gasteiger partial charge < -0.3 is 14.8 Å². The Hall–Kier alpha value is -2.11. The molecule has 1 amide bonds. The molecule has 1 aliphatic heterocycles. The van der Waals surface area contributed by atoms with Crippen molar-refractivity contribution in [3.05, 3.63) is 18.6 Å². The monoisotopic (exact) mass is 285 g/mol. The quantitative estimate of drug-likeness (QED) is 0.862. The molecule has 3 heterocycles. The highest BCUT2D eigenvalue weighted by molar-refractivity contribution is 5.87. The van der Waals surface area contributed by atoms with Crippen molar-refractivity contribution in [1.29, 1.82) is 0 Å². The standard InChI is InChI=1S/C15H19N5O/c1-19(15-13-2-3-16-14(13)17-8-18-15)12-4-10-6-20(9-21)7-11(10)5-12/h2-3,8-12H,4-7H2,1H3,(H,16,17,18)/t10-,11+,12-. The number of carbonyl (C=O) groups excluding carboxylic acids is 1. The molecule has 0 aromatic carbocycles. The van der Waals surface area contributed by atoms with Crippen LogP contribution in [0.25, 0.3) is 11.0 Å². The number of rotatable bonds is 3. The summed E-state index contributed by atoms with van der Waals surface area (Å²) < 4.78 is 0. The first-order chi connectivity index (χ1) is 10.3. The molecule has 0 unspecified atom stereocenters. The van der Waals surface area contributed by atoms with Gasteiger partial charge in [0.1, 0.15) is 17.8 Å². The van der Waals surface area contributed by atoms with Gasteiger partial charge in [0.05, 0.1) is 5.39 Å². The van der Waals surface area contributed by atoms with E-state index in [9.17, 15) is 4.79 Å². The molecule has 4 rings (SSSR count). The fourth-order valence-corrected chi connectivity index (χ4v) is 4.02. The van der Waals surface area contributed by atoms with Gasteiger partial charge in [-0.2, -0.15) is 0 Å². The van der Waals surface area contributed by atoms with Crippen LogP contribution in [0.5, 0.6) is 0 Å². The first-order valence-corrected chi connectivity index (χ1v) is 7.46. The predicted octanol–water partition coefficient (Wildman–Crippen LogP) is 1.26. The Morgan fingerprint density at radius 3 is 2.81 bits per heavy atom. The fourth-order valence-electron chi connectivity index (χ4n) is 4.02. The number of amides is 1. The molecule has 6 nitrogen and oxygen atoms in total. The number of H-pyrrole nitrogens is 1. The number of carbonyl (C=O) groups is 1. The number of anilines is 1. The lowest BCUT2D eigenvalue weighted by molar-refractivity contribution is -0.117. The van der Waals surface area contributed by atoms with Crippen LogP contribution in [0.15, 0.2) is 18.6 Å². The van der Waals surface area contributed by atoms with Gasteiger partial charge in [-0.3, -0.25) is 4.79 Å². The van der Waals surface area contributed by atoms with E-state index in [0.717, 1.165) is 49.2 Å². The van der Waals surface area contributed by atoms with Crippen LogP contribution in [0.1, 0.15) is 12.8 Å². The molecule has 6 heteroatoms. The zero-order valence-corrected chi connectivity index (χ0v) is 12.1. The summed E-state index contributed by atoms with van der Waals surface area (Å²) >= 11 is 0. The summed E-state index contributed by atoms with van der Waals surface area (Å²) in [6.07, 6.45) is 6.80. The van der Waals surface area contributed by atoms with E-state index in [4.69, 9.17) is 0 Å². The van der Waals surface area contributed by atoms with Crippen molar-refractivity contribution in [3.8, 4) is 0 Å². The van der Waals surface area contributed by atoms with Crippen LogP contribution in [-0.4, -0.2) is 52.4 Å². The van der Waals surface area contributed by atoms with E-state index in [0.29, 0.717) is 17.9 Å². The average Bonchev–Trinajstić information content (AvgIpc) is 3.18. The van der Waals surface area contributed by atoms with E-state index in [1.165, 1.54) is 0 Å². The Morgan fingerprint density at radius 1 is 1.33 bits per heavy atom. The van der Waals surface area contributed by atoms with Crippen molar-refractivity contribution in [3.63, 3.8) is 0 Å². The molecule has 3 atom stereocenters. The first kappa shape index (κ1) is 12.6. The molecule has 0 radical (unpaired) electrons. The molecule has 1 saturated carbocycles. The van der Waals surface area contributed by atoms with E-state index in [1.807, 2.05) is 17.2 Å². The molecule has 1 N–H and O–H groups in total. The normalized spacial score (nSPS) is 28.0. The van der Waals surface area contributed by atoms with Gasteiger partial charge in [0, 0.05) is 32.4 Å². The van der Waals surface area contributed by atoms with Gasteiger partial charge >= 0.3 is 0 Å². The third-order valence-electron chi connectivity index (χ3n) is 5.12. The van der Waals surface area contributed by atoms with Crippen molar-refractivity contribution in [1.82, 2.24) is 19.9 Å². The summed E-state index contributed by atoms with van der Waals surface area (Å²) in [5.41, 5.74) is 0.886. The lowest BCUT2D eigenvalue weighted by Gasteiger charge is -2.27. The molecule has 110 valence electrons. The van der Waals surface area contributed by atoms with Crippen molar-refractivity contribution in [2.24, 2.45) is 11.8 Å². The highest BCUT2D eigenvalue weighted by atomic mass is 16.1. The van der Waals surface area contributed by atoms with Gasteiger partial charge in [0.2, 0.25) is 6.41 Å². The van der Waals surface area contributed by atoms with Gasteiger partial charge in [-0.15, -0.1) is 0 Å². The summed E-state index contributed by atoms with van der Waals surface area (Å²) in [5.74, 6) is 2.29. The van der Waals surface area contributed by atoms with Crippen molar-refractivity contribution >= 4 is 23.3 Å². The zero-order valence-electron chi connectivity index (χ0n) is 12.1. The molecule has 2 aliphatic rings. The molecule has 0 spiro atoms. The van der Waals surface area contributed by atoms with Crippen molar-refractivity contribution < 1.29 is 4.79 Å². The molecule has 1 saturated heterocycles. The smallest absolute Gasteiger partial charge is 0.209 e. The third kappa shape index (κ3) is 1.97. The maximum Gasteiger partial charge on any atom is 0.209 e. The Labute approximate surface area is 123 Å². The molecule has 21 heavy (non-hydrogen) atoms. The van der Waals surface area contributed by atoms with Crippen LogP contribution in [-0.2, 0) is 4.79 Å². The number of nitrogens with one attached hydrogen (secondary N) is 1. The first-order valence-electron chi connectivity index (χ1n) is 7.46. The number of fused-ring (bicyclic) bond motifs is 2. The molecule has 2 aromatic heterocycles. The zero-order chi connectivity index (χ0) is 14.4. The van der Waals surface area contributed by atoms with E-state index in [-0.39, 0.29) is 0 Å². The summed E-state index contributed by atoms with van der Waals surface area (Å²) in [6, 6.07) is 2.53. The Bertz CT molecular complexity index is 655. The third-order valence-corrected chi connectivity index (χ3v) is 5.12. The van der Waals surface area contributed by atoms with Gasteiger partial charge in [-0.05, 0) is 30.7 Å². The van der Waals surface area contributed by atoms with E-state index in [1.54, 1.807) is 6.33 Å². The minimum absolute atomic E-state index is 0.502. The second kappa shape index (κ2) is 4.72. The summed E-state index contributed by atoms with van der Waals surface area (Å²) in [4.78, 5) is 27.0. The molecular weight excluding hydrogens is 266 g/mol. The van der Waals surface area contributed by atoms with E-state index >= 15 is 0 Å². The van der Waals surface area contributed by atoms with Gasteiger partial charge in [-0.1, -0.05) is 0 Å².